The van der Waals surface area contributed by atoms with E-state index in [0.717, 1.165) is 50.0 Å². The molecule has 3 aromatic carbocycles. The molecule has 58 heavy (non-hydrogen) atoms. The Kier molecular flexibility index (Phi) is 8.35. The van der Waals surface area contributed by atoms with Gasteiger partial charge in [0.2, 0.25) is 0 Å². The molecule has 5 aliphatic heterocycles. The number of aromatic nitrogens is 3. The van der Waals surface area contributed by atoms with Gasteiger partial charge in [-0.1, -0.05) is 49.8 Å². The molecule has 5 aromatic rings. The second-order valence-corrected chi connectivity index (χ2v) is 19.2. The van der Waals surface area contributed by atoms with E-state index in [-0.39, 0.29) is 60.4 Å². The summed E-state index contributed by atoms with van der Waals surface area (Å²) < 4.78 is 112. The molecule has 4 saturated heterocycles. The Morgan fingerprint density at radius 1 is 0.879 bits per heavy atom. The van der Waals surface area contributed by atoms with Crippen LogP contribution >= 0.6 is 10.2 Å². The minimum absolute atomic E-state index is 0.0101. The summed E-state index contributed by atoms with van der Waals surface area (Å²) in [5, 5.41) is 5.69. The highest BCUT2D eigenvalue weighted by atomic mass is 32.5. The molecule has 10 rings (SSSR count). The van der Waals surface area contributed by atoms with Gasteiger partial charge in [-0.3, -0.25) is 4.90 Å². The average molecular weight is 829 g/mol. The summed E-state index contributed by atoms with van der Waals surface area (Å²) in [7, 11) is -9.87. The van der Waals surface area contributed by atoms with Crippen molar-refractivity contribution in [3.05, 3.63) is 77.5 Å². The van der Waals surface area contributed by atoms with E-state index < -0.39 is 32.3 Å². The van der Waals surface area contributed by atoms with Gasteiger partial charge in [0.1, 0.15) is 46.7 Å². The summed E-state index contributed by atoms with van der Waals surface area (Å²) in [5.74, 6) is -0.699. The summed E-state index contributed by atoms with van der Waals surface area (Å²) in [6, 6.07) is 12.0. The van der Waals surface area contributed by atoms with Crippen LogP contribution in [0.1, 0.15) is 62.6 Å². The molecule has 0 spiro atoms. The van der Waals surface area contributed by atoms with Gasteiger partial charge in [-0.15, -0.1) is 0 Å². The molecule has 2 bridgehead atoms. The highest BCUT2D eigenvalue weighted by Gasteiger charge is 2.65. The summed E-state index contributed by atoms with van der Waals surface area (Å²) in [4.78, 5) is 17.4. The zero-order valence-corrected chi connectivity index (χ0v) is 32.6. The largest absolute Gasteiger partial charge is 0.492 e. The molecule has 1 unspecified atom stereocenters. The minimum Gasteiger partial charge on any atom is -0.492 e. The second kappa shape index (κ2) is 12.8. The maximum atomic E-state index is 17.3. The smallest absolute Gasteiger partial charge is 0.319 e. The molecule has 8 nitrogen and oxygen atoms in total. The number of halogens is 7. The quantitative estimate of drug-likeness (QED) is 0.155. The van der Waals surface area contributed by atoms with Gasteiger partial charge in [0, 0.05) is 42.3 Å². The number of rotatable bonds is 8. The van der Waals surface area contributed by atoms with Crippen molar-refractivity contribution >= 4 is 37.7 Å². The van der Waals surface area contributed by atoms with Crippen LogP contribution in [-0.4, -0.2) is 75.9 Å². The van der Waals surface area contributed by atoms with E-state index in [1.165, 1.54) is 12.1 Å². The predicted octanol–water partition coefficient (Wildman–Crippen LogP) is 10.2. The molecular weight excluding hydrogens is 786 g/mol. The van der Waals surface area contributed by atoms with Crippen molar-refractivity contribution in [1.82, 2.24) is 25.2 Å². The highest BCUT2D eigenvalue weighted by molar-refractivity contribution is 8.45. The SMILES string of the molecule is Cc1c(F)ccc2cccc(-c3nc4c5c(nc(OC[C@@]67CCCN6[C@H](COc6cccc(S(F)(F)(F)(F)F)c6)CC7)nc5c3F)N3C[C@@H]5CCC(N5)[C@H]3CCC4)c12. The van der Waals surface area contributed by atoms with E-state index in [9.17, 15) is 23.8 Å². The van der Waals surface area contributed by atoms with Crippen LogP contribution in [0, 0.1) is 18.6 Å². The monoisotopic (exact) mass is 828 g/mol. The van der Waals surface area contributed by atoms with Gasteiger partial charge < -0.3 is 19.7 Å². The van der Waals surface area contributed by atoms with E-state index in [1.54, 1.807) is 19.1 Å². The summed E-state index contributed by atoms with van der Waals surface area (Å²) in [5.41, 5.74) is 1.31. The first-order valence-corrected chi connectivity index (χ1v) is 22.0. The van der Waals surface area contributed by atoms with Crippen LogP contribution in [0.15, 0.2) is 59.5 Å². The number of ether oxygens (including phenoxy) is 2. The lowest BCUT2D eigenvalue weighted by Gasteiger charge is -2.43. The number of anilines is 1. The highest BCUT2D eigenvalue weighted by Crippen LogP contribution is 3.02. The normalized spacial score (nSPS) is 26.9. The lowest BCUT2D eigenvalue weighted by molar-refractivity contribution is 0.0686. The van der Waals surface area contributed by atoms with Crippen molar-refractivity contribution in [2.75, 3.05) is 31.2 Å². The van der Waals surface area contributed by atoms with Gasteiger partial charge >= 0.3 is 16.2 Å². The zero-order valence-electron chi connectivity index (χ0n) is 31.8. The third-order valence-corrected chi connectivity index (χ3v) is 14.4. The number of aryl methyl sites for hydroxylation is 2. The molecule has 4 fully saturated rings. The predicted molar refractivity (Wildman–Crippen MR) is 209 cm³/mol. The summed E-state index contributed by atoms with van der Waals surface area (Å²) >= 11 is 0. The molecule has 0 saturated carbocycles. The molecule has 16 heteroatoms. The molecule has 0 radical (unpaired) electrons. The average Bonchev–Trinajstić information content (AvgIpc) is 3.88. The molecule has 7 heterocycles. The fourth-order valence-corrected chi connectivity index (χ4v) is 11.2. The van der Waals surface area contributed by atoms with Gasteiger partial charge in [0.25, 0.3) is 0 Å². The molecule has 5 atom stereocenters. The lowest BCUT2D eigenvalue weighted by atomic mass is 9.93. The third kappa shape index (κ3) is 6.40. The van der Waals surface area contributed by atoms with Gasteiger partial charge in [-0.2, -0.15) is 9.97 Å². The van der Waals surface area contributed by atoms with E-state index in [0.29, 0.717) is 77.9 Å². The van der Waals surface area contributed by atoms with E-state index in [1.807, 2.05) is 12.1 Å². The Labute approximate surface area is 330 Å². The van der Waals surface area contributed by atoms with Crippen LogP contribution in [-0.2, 0) is 6.42 Å². The number of pyridine rings is 1. The first kappa shape index (κ1) is 37.8. The maximum Gasteiger partial charge on any atom is 0.319 e. The fraction of sp³-hybridized carbons (Fsp3) is 0.452. The molecular formula is C42H43F7N6O2S. The zero-order chi connectivity index (χ0) is 40.3. The van der Waals surface area contributed by atoms with Crippen LogP contribution in [0.5, 0.6) is 11.8 Å². The van der Waals surface area contributed by atoms with E-state index >= 15 is 4.39 Å². The van der Waals surface area contributed by atoms with Crippen LogP contribution in [0.4, 0.5) is 34.0 Å². The Balaban J connectivity index is 1.00. The molecule has 0 amide bonds. The number of nitrogens with one attached hydrogen (secondary N) is 1. The summed E-state index contributed by atoms with van der Waals surface area (Å²) in [6.45, 7) is 3.26. The Morgan fingerprint density at radius 2 is 1.72 bits per heavy atom. The van der Waals surface area contributed by atoms with Crippen molar-refractivity contribution < 1.29 is 37.7 Å². The number of benzene rings is 3. The Morgan fingerprint density at radius 3 is 2.57 bits per heavy atom. The van der Waals surface area contributed by atoms with Crippen molar-refractivity contribution in [3.8, 4) is 23.0 Å². The van der Waals surface area contributed by atoms with Crippen LogP contribution in [0.25, 0.3) is 32.9 Å². The minimum atomic E-state index is -9.87. The van der Waals surface area contributed by atoms with Crippen molar-refractivity contribution in [2.45, 2.75) is 99.3 Å². The third-order valence-electron chi connectivity index (χ3n) is 13.3. The van der Waals surface area contributed by atoms with Crippen LogP contribution in [0.3, 0.4) is 0 Å². The first-order valence-electron chi connectivity index (χ1n) is 20.0. The molecule has 5 aliphatic rings. The Bertz CT molecular complexity index is 2490. The molecule has 308 valence electrons. The standard InChI is InChI=1S/C42H43F7N6O2S/c1-24-31(43)14-12-25-6-2-9-30(35(24)25)38-37(44)39-36-33(51-38)10-4-11-34-32-15-13-26(50-32)21-54(34)40(36)53-41(52-39)57-23-42-17-5-19-55(42)27(16-18-42)22-56-28-7-3-8-29(20-28)58(45,46,47,48)49/h2-3,6-9,12,14,20,26-27,32,34,50H,4-5,10-11,13,15-19,21-23H2,1H3/t26-,27-,32?,34+,42-/m0/s1. The van der Waals surface area contributed by atoms with Gasteiger partial charge in [0.05, 0.1) is 16.6 Å². The van der Waals surface area contributed by atoms with E-state index in [2.05, 4.69) is 15.1 Å². The van der Waals surface area contributed by atoms with Crippen molar-refractivity contribution in [2.24, 2.45) is 0 Å². The van der Waals surface area contributed by atoms with Crippen LogP contribution < -0.4 is 19.7 Å². The van der Waals surface area contributed by atoms with E-state index in [4.69, 9.17) is 24.4 Å². The fourth-order valence-electron chi connectivity index (χ4n) is 10.5. The number of hydrogen-bond donors (Lipinski definition) is 1. The summed E-state index contributed by atoms with van der Waals surface area (Å²) in [6.07, 6.45) is 7.36. The second-order valence-electron chi connectivity index (χ2n) is 16.8. The van der Waals surface area contributed by atoms with Crippen molar-refractivity contribution in [3.63, 3.8) is 0 Å². The molecule has 1 N–H and O–H groups in total. The number of piperazine rings is 1. The van der Waals surface area contributed by atoms with Crippen molar-refractivity contribution in [1.29, 1.82) is 0 Å². The topological polar surface area (TPSA) is 75.6 Å². The van der Waals surface area contributed by atoms with Gasteiger partial charge in [0.15, 0.2) is 5.82 Å². The number of fused-ring (bicyclic) bond motifs is 7. The number of nitrogens with zero attached hydrogens (tertiary/aromatic N) is 5. The number of hydrogen-bond acceptors (Lipinski definition) is 8. The van der Waals surface area contributed by atoms with Crippen LogP contribution in [0.2, 0.25) is 0 Å². The first-order chi connectivity index (χ1) is 27.5. The molecule has 2 aromatic heterocycles. The Hall–Kier alpha value is -4.41. The van der Waals surface area contributed by atoms with Gasteiger partial charge in [-0.05, 0) is 106 Å². The van der Waals surface area contributed by atoms with Gasteiger partial charge in [-0.25, -0.2) is 13.8 Å². The lowest BCUT2D eigenvalue weighted by Crippen LogP contribution is -2.58. The maximum absolute atomic E-state index is 17.3. The molecule has 0 aliphatic carbocycles.